The van der Waals surface area contributed by atoms with Gasteiger partial charge in [0, 0.05) is 24.9 Å². The molecule has 2 N–H and O–H groups in total. The molecule has 0 aliphatic rings. The van der Waals surface area contributed by atoms with Gasteiger partial charge in [-0.1, -0.05) is 6.92 Å². The molecule has 0 aliphatic heterocycles. The smallest absolute Gasteiger partial charge is 0.222 e. The molecule has 88 valence electrons. The Morgan fingerprint density at radius 1 is 1.07 bits per heavy atom. The highest BCUT2D eigenvalue weighted by atomic mass is 16.2. The molecule has 0 spiro atoms. The monoisotopic (exact) mass is 214 g/mol. The normalized spacial score (nSPS) is 10.9. The van der Waals surface area contributed by atoms with Crippen LogP contribution in [0.25, 0.3) is 0 Å². The van der Waals surface area contributed by atoms with E-state index < -0.39 is 0 Å². The zero-order chi connectivity index (χ0) is 11.9. The third-order valence-corrected chi connectivity index (χ3v) is 1.67. The molecule has 2 amide bonds. The molecule has 0 unspecified atom stereocenters. The van der Waals surface area contributed by atoms with Crippen molar-refractivity contribution in [3.05, 3.63) is 0 Å². The molecule has 0 aromatic heterocycles. The standard InChI is InChI=1S/C11H22N2O2/c1-5-6-9(14)12-8-7-10(15)13-11(2,3)4/h5-8H2,1-4H3,(H,12,14)(H,13,15). The lowest BCUT2D eigenvalue weighted by atomic mass is 10.1. The van der Waals surface area contributed by atoms with Gasteiger partial charge in [0.2, 0.25) is 11.8 Å². The van der Waals surface area contributed by atoms with Crippen molar-refractivity contribution in [3.63, 3.8) is 0 Å². The summed E-state index contributed by atoms with van der Waals surface area (Å²) < 4.78 is 0. The molecule has 0 atom stereocenters. The number of carbonyl (C=O) groups is 2. The zero-order valence-electron chi connectivity index (χ0n) is 10.1. The molecule has 0 aromatic carbocycles. The Balaban J connectivity index is 3.60. The Morgan fingerprint density at radius 2 is 1.67 bits per heavy atom. The van der Waals surface area contributed by atoms with Crippen molar-refractivity contribution in [2.45, 2.75) is 52.5 Å². The van der Waals surface area contributed by atoms with Gasteiger partial charge in [0.1, 0.15) is 0 Å². The summed E-state index contributed by atoms with van der Waals surface area (Å²) in [5.41, 5.74) is -0.204. The molecule has 0 aromatic rings. The van der Waals surface area contributed by atoms with E-state index in [0.29, 0.717) is 19.4 Å². The average Bonchev–Trinajstić information content (AvgIpc) is 2.00. The van der Waals surface area contributed by atoms with E-state index in [1.54, 1.807) is 0 Å². The van der Waals surface area contributed by atoms with E-state index in [4.69, 9.17) is 0 Å². The third kappa shape index (κ3) is 9.25. The Morgan fingerprint density at radius 3 is 2.13 bits per heavy atom. The molecule has 0 fully saturated rings. The topological polar surface area (TPSA) is 58.2 Å². The van der Waals surface area contributed by atoms with Crippen molar-refractivity contribution in [2.24, 2.45) is 0 Å². The average molecular weight is 214 g/mol. The first kappa shape index (κ1) is 13.9. The highest BCUT2D eigenvalue weighted by Crippen LogP contribution is 1.98. The molecule has 15 heavy (non-hydrogen) atoms. The van der Waals surface area contributed by atoms with E-state index >= 15 is 0 Å². The quantitative estimate of drug-likeness (QED) is 0.722. The molecule has 0 aliphatic carbocycles. The summed E-state index contributed by atoms with van der Waals surface area (Å²) in [4.78, 5) is 22.4. The van der Waals surface area contributed by atoms with Crippen LogP contribution in [0.5, 0.6) is 0 Å². The van der Waals surface area contributed by atoms with E-state index in [1.807, 2.05) is 27.7 Å². The summed E-state index contributed by atoms with van der Waals surface area (Å²) >= 11 is 0. The van der Waals surface area contributed by atoms with Crippen molar-refractivity contribution in [3.8, 4) is 0 Å². The van der Waals surface area contributed by atoms with Gasteiger partial charge >= 0.3 is 0 Å². The maximum Gasteiger partial charge on any atom is 0.222 e. The van der Waals surface area contributed by atoms with Crippen molar-refractivity contribution in [1.29, 1.82) is 0 Å². The van der Waals surface area contributed by atoms with Crippen LogP contribution in [0.4, 0.5) is 0 Å². The molecule has 0 rings (SSSR count). The largest absolute Gasteiger partial charge is 0.356 e. The predicted molar refractivity (Wildman–Crippen MR) is 60.4 cm³/mol. The van der Waals surface area contributed by atoms with Gasteiger partial charge in [-0.25, -0.2) is 0 Å². The van der Waals surface area contributed by atoms with Gasteiger partial charge in [-0.3, -0.25) is 9.59 Å². The first-order valence-electron chi connectivity index (χ1n) is 5.43. The highest BCUT2D eigenvalue weighted by Gasteiger charge is 2.13. The minimum atomic E-state index is -0.204. The van der Waals surface area contributed by atoms with Gasteiger partial charge < -0.3 is 10.6 Å². The maximum absolute atomic E-state index is 11.3. The van der Waals surface area contributed by atoms with Gasteiger partial charge in [0.25, 0.3) is 0 Å². The Kier molecular flexibility index (Phi) is 5.97. The number of nitrogens with one attached hydrogen (secondary N) is 2. The van der Waals surface area contributed by atoms with Gasteiger partial charge in [0.05, 0.1) is 0 Å². The number of carbonyl (C=O) groups excluding carboxylic acids is 2. The van der Waals surface area contributed by atoms with Crippen LogP contribution in [0.3, 0.4) is 0 Å². The van der Waals surface area contributed by atoms with Crippen molar-refractivity contribution in [1.82, 2.24) is 10.6 Å². The SMILES string of the molecule is CCCC(=O)NCCC(=O)NC(C)(C)C. The molecular weight excluding hydrogens is 192 g/mol. The lowest BCUT2D eigenvalue weighted by molar-refractivity contribution is -0.123. The molecule has 4 heteroatoms. The summed E-state index contributed by atoms with van der Waals surface area (Å²) in [5, 5.41) is 5.54. The number of hydrogen-bond donors (Lipinski definition) is 2. The second kappa shape index (κ2) is 6.43. The highest BCUT2D eigenvalue weighted by molar-refractivity contribution is 5.79. The van der Waals surface area contributed by atoms with Gasteiger partial charge in [0.15, 0.2) is 0 Å². The van der Waals surface area contributed by atoms with Crippen molar-refractivity contribution < 1.29 is 9.59 Å². The van der Waals surface area contributed by atoms with Crippen molar-refractivity contribution >= 4 is 11.8 Å². The van der Waals surface area contributed by atoms with E-state index in [9.17, 15) is 9.59 Å². The fraction of sp³-hybridized carbons (Fsp3) is 0.818. The molecule has 0 saturated heterocycles. The summed E-state index contributed by atoms with van der Waals surface area (Å²) in [6.45, 7) is 8.16. The molecule has 0 heterocycles. The van der Waals surface area contributed by atoms with E-state index in [2.05, 4.69) is 10.6 Å². The van der Waals surface area contributed by atoms with Crippen LogP contribution in [0.1, 0.15) is 47.0 Å². The number of amides is 2. The maximum atomic E-state index is 11.3. The number of hydrogen-bond acceptors (Lipinski definition) is 2. The minimum Gasteiger partial charge on any atom is -0.356 e. The lowest BCUT2D eigenvalue weighted by Gasteiger charge is -2.20. The van der Waals surface area contributed by atoms with Crippen LogP contribution in [-0.4, -0.2) is 23.9 Å². The first-order chi connectivity index (χ1) is 6.85. The van der Waals surface area contributed by atoms with Crippen LogP contribution in [0, 0.1) is 0 Å². The van der Waals surface area contributed by atoms with Crippen molar-refractivity contribution in [2.75, 3.05) is 6.54 Å². The van der Waals surface area contributed by atoms with E-state index in [0.717, 1.165) is 6.42 Å². The fourth-order valence-corrected chi connectivity index (χ4v) is 1.11. The zero-order valence-corrected chi connectivity index (χ0v) is 10.1. The predicted octanol–water partition coefficient (Wildman–Crippen LogP) is 1.21. The lowest BCUT2D eigenvalue weighted by Crippen LogP contribution is -2.41. The summed E-state index contributed by atoms with van der Waals surface area (Å²) in [5.74, 6) is -0.0136. The fourth-order valence-electron chi connectivity index (χ4n) is 1.11. The van der Waals surface area contributed by atoms with Crippen LogP contribution in [0.2, 0.25) is 0 Å². The van der Waals surface area contributed by atoms with Crippen LogP contribution >= 0.6 is 0 Å². The van der Waals surface area contributed by atoms with E-state index in [1.165, 1.54) is 0 Å². The summed E-state index contributed by atoms with van der Waals surface area (Å²) in [7, 11) is 0. The van der Waals surface area contributed by atoms with Gasteiger partial charge in [-0.2, -0.15) is 0 Å². The number of rotatable bonds is 5. The van der Waals surface area contributed by atoms with Crippen LogP contribution in [-0.2, 0) is 9.59 Å². The van der Waals surface area contributed by atoms with Crippen LogP contribution in [0.15, 0.2) is 0 Å². The molecule has 0 bridgehead atoms. The molecule has 0 saturated carbocycles. The molecule has 4 nitrogen and oxygen atoms in total. The Bertz CT molecular complexity index is 219. The van der Waals surface area contributed by atoms with Gasteiger partial charge in [-0.15, -0.1) is 0 Å². The summed E-state index contributed by atoms with van der Waals surface area (Å²) in [6.07, 6.45) is 1.70. The third-order valence-electron chi connectivity index (χ3n) is 1.67. The Hall–Kier alpha value is -1.06. The van der Waals surface area contributed by atoms with Gasteiger partial charge in [-0.05, 0) is 27.2 Å². The van der Waals surface area contributed by atoms with Crippen LogP contribution < -0.4 is 10.6 Å². The Labute approximate surface area is 91.8 Å². The van der Waals surface area contributed by atoms with E-state index in [-0.39, 0.29) is 17.4 Å². The minimum absolute atomic E-state index is 0.0149. The second-order valence-electron chi connectivity index (χ2n) is 4.65. The second-order valence-corrected chi connectivity index (χ2v) is 4.65. The first-order valence-corrected chi connectivity index (χ1v) is 5.43. The summed E-state index contributed by atoms with van der Waals surface area (Å²) in [6, 6.07) is 0. The molecule has 0 radical (unpaired) electrons. The molecular formula is C11H22N2O2.